The number of methoxy groups -OCH3 is 1. The minimum absolute atomic E-state index is 0.0308. The van der Waals surface area contributed by atoms with E-state index in [2.05, 4.69) is 10.3 Å². The lowest BCUT2D eigenvalue weighted by Crippen LogP contribution is -2.46. The van der Waals surface area contributed by atoms with Gasteiger partial charge >= 0.3 is 12.1 Å². The van der Waals surface area contributed by atoms with Crippen molar-refractivity contribution in [3.8, 4) is 0 Å². The van der Waals surface area contributed by atoms with Crippen LogP contribution in [0.3, 0.4) is 0 Å². The van der Waals surface area contributed by atoms with E-state index in [4.69, 9.17) is 9.47 Å². The molecule has 40 heavy (non-hydrogen) atoms. The summed E-state index contributed by atoms with van der Waals surface area (Å²) in [6, 6.07) is 0. The maximum Gasteiger partial charge on any atom is 0.410 e. The highest BCUT2D eigenvalue weighted by atomic mass is 16.6. The number of nitrogens with zero attached hydrogens (tertiary/aromatic N) is 3. The van der Waals surface area contributed by atoms with Crippen molar-refractivity contribution in [3.05, 3.63) is 23.2 Å². The van der Waals surface area contributed by atoms with Crippen molar-refractivity contribution >= 4 is 30.1 Å². The maximum atomic E-state index is 13.3. The number of carbonyl (C=O) groups is 4. The van der Waals surface area contributed by atoms with Gasteiger partial charge in [0.15, 0.2) is 0 Å². The van der Waals surface area contributed by atoms with Crippen molar-refractivity contribution in [2.24, 2.45) is 22.7 Å². The van der Waals surface area contributed by atoms with Crippen LogP contribution in [0.5, 0.6) is 0 Å². The van der Waals surface area contributed by atoms with Gasteiger partial charge in [-0.05, 0) is 58.8 Å². The van der Waals surface area contributed by atoms with Crippen molar-refractivity contribution in [3.63, 3.8) is 0 Å². The first kappa shape index (κ1) is 31.2. The van der Waals surface area contributed by atoms with E-state index in [-0.39, 0.29) is 30.1 Å². The summed E-state index contributed by atoms with van der Waals surface area (Å²) in [6.45, 7) is 9.50. The van der Waals surface area contributed by atoms with E-state index in [1.165, 1.54) is 19.5 Å². The minimum atomic E-state index is -0.522. The number of amides is 3. The van der Waals surface area contributed by atoms with E-state index < -0.39 is 23.4 Å². The van der Waals surface area contributed by atoms with Gasteiger partial charge in [0, 0.05) is 56.0 Å². The summed E-state index contributed by atoms with van der Waals surface area (Å²) in [4.78, 5) is 58.2. The van der Waals surface area contributed by atoms with Crippen LogP contribution in [0.15, 0.2) is 28.2 Å². The molecule has 0 aromatic carbocycles. The van der Waals surface area contributed by atoms with E-state index in [0.717, 1.165) is 19.3 Å². The Hall–Kier alpha value is -3.37. The molecule has 2 atom stereocenters. The SMILES string of the molecule is COC(=O)C/C(NC(=O)C1CCCN(C(=O)CCC2CCN(C(=O)OC(C)(C)C)CC2)C1)=C1\C=NC=C(O)C1C. The van der Waals surface area contributed by atoms with Gasteiger partial charge in [-0.2, -0.15) is 0 Å². The zero-order valence-corrected chi connectivity index (χ0v) is 24.4. The molecule has 0 aliphatic carbocycles. The van der Waals surface area contributed by atoms with Gasteiger partial charge in [-0.25, -0.2) is 4.79 Å². The minimum Gasteiger partial charge on any atom is -0.510 e. The summed E-state index contributed by atoms with van der Waals surface area (Å²) in [6.07, 6.45) is 6.58. The lowest BCUT2D eigenvalue weighted by molar-refractivity contribution is -0.139. The van der Waals surface area contributed by atoms with Gasteiger partial charge in [0.2, 0.25) is 11.8 Å². The molecule has 3 amide bonds. The fourth-order valence-electron chi connectivity index (χ4n) is 5.24. The molecule has 11 nitrogen and oxygen atoms in total. The number of ether oxygens (including phenoxy) is 2. The summed E-state index contributed by atoms with van der Waals surface area (Å²) < 4.78 is 10.3. The van der Waals surface area contributed by atoms with E-state index in [1.807, 2.05) is 20.8 Å². The molecule has 3 aliphatic heterocycles. The number of aliphatic hydroxyl groups is 1. The van der Waals surface area contributed by atoms with Crippen LogP contribution in [-0.4, -0.2) is 83.9 Å². The molecule has 0 aromatic heterocycles. The summed E-state index contributed by atoms with van der Waals surface area (Å²) in [5.41, 5.74) is 0.362. The lowest BCUT2D eigenvalue weighted by atomic mass is 9.91. The highest BCUT2D eigenvalue weighted by Gasteiger charge is 2.32. The van der Waals surface area contributed by atoms with Gasteiger partial charge in [-0.3, -0.25) is 19.4 Å². The number of esters is 1. The second kappa shape index (κ2) is 13.8. The van der Waals surface area contributed by atoms with Crippen LogP contribution in [0.25, 0.3) is 0 Å². The number of hydrogen-bond donors (Lipinski definition) is 2. The third-order valence-electron chi connectivity index (χ3n) is 7.68. The molecular weight excluding hydrogens is 516 g/mol. The van der Waals surface area contributed by atoms with Crippen molar-refractivity contribution in [1.29, 1.82) is 0 Å². The smallest absolute Gasteiger partial charge is 0.410 e. The van der Waals surface area contributed by atoms with Crippen LogP contribution in [-0.2, 0) is 23.9 Å². The molecule has 0 bridgehead atoms. The Balaban J connectivity index is 1.52. The zero-order valence-electron chi connectivity index (χ0n) is 24.4. The van der Waals surface area contributed by atoms with Crippen molar-refractivity contribution in [2.75, 3.05) is 33.3 Å². The molecule has 3 aliphatic rings. The van der Waals surface area contributed by atoms with Crippen molar-refractivity contribution < 1.29 is 33.8 Å². The van der Waals surface area contributed by atoms with Gasteiger partial charge in [0.25, 0.3) is 0 Å². The Bertz CT molecular complexity index is 1050. The molecule has 3 rings (SSSR count). The number of aliphatic hydroxyl groups excluding tert-OH is 1. The number of rotatable bonds is 7. The molecule has 2 unspecified atom stereocenters. The van der Waals surface area contributed by atoms with Crippen molar-refractivity contribution in [2.45, 2.75) is 78.2 Å². The Kier molecular flexibility index (Phi) is 10.8. The van der Waals surface area contributed by atoms with E-state index in [1.54, 1.807) is 16.7 Å². The molecule has 0 radical (unpaired) electrons. The van der Waals surface area contributed by atoms with Crippen LogP contribution in [0.4, 0.5) is 4.79 Å². The third kappa shape index (κ3) is 8.82. The van der Waals surface area contributed by atoms with Gasteiger partial charge in [-0.15, -0.1) is 0 Å². The standard InChI is InChI=1S/C29H44N4O7/c1-19-22(16-30-17-24(19)34)23(15-26(36)39-5)31-27(37)21-7-6-12-33(18-21)25(35)9-8-20-10-13-32(14-11-20)28(38)40-29(2,3)4/h16-17,19-21,34H,6-15,18H2,1-5H3,(H,31,37)/b23-22-. The molecule has 2 N–H and O–H groups in total. The number of likely N-dealkylation sites (tertiary alicyclic amines) is 2. The Morgan fingerprint density at radius 3 is 2.45 bits per heavy atom. The van der Waals surface area contributed by atoms with Crippen LogP contribution in [0, 0.1) is 17.8 Å². The highest BCUT2D eigenvalue weighted by molar-refractivity contribution is 5.89. The molecule has 2 saturated heterocycles. The number of allylic oxidation sites excluding steroid dienone is 1. The quantitative estimate of drug-likeness (QED) is 0.453. The largest absolute Gasteiger partial charge is 0.510 e. The number of hydrogen-bond acceptors (Lipinski definition) is 8. The van der Waals surface area contributed by atoms with Gasteiger partial charge in [-0.1, -0.05) is 6.92 Å². The van der Waals surface area contributed by atoms with Crippen LogP contribution in [0.2, 0.25) is 0 Å². The fourth-order valence-corrected chi connectivity index (χ4v) is 5.24. The second-order valence-electron chi connectivity index (χ2n) is 11.9. The van der Waals surface area contributed by atoms with E-state index in [9.17, 15) is 24.3 Å². The number of carbonyl (C=O) groups excluding carboxylic acids is 4. The first-order chi connectivity index (χ1) is 18.9. The first-order valence-electron chi connectivity index (χ1n) is 14.2. The average Bonchev–Trinajstić information content (AvgIpc) is 2.92. The average molecular weight is 561 g/mol. The summed E-state index contributed by atoms with van der Waals surface area (Å²) in [7, 11) is 1.27. The third-order valence-corrected chi connectivity index (χ3v) is 7.68. The van der Waals surface area contributed by atoms with Crippen LogP contribution in [0.1, 0.15) is 72.6 Å². The van der Waals surface area contributed by atoms with Crippen LogP contribution >= 0.6 is 0 Å². The molecule has 2 fully saturated rings. The maximum absolute atomic E-state index is 13.3. The van der Waals surface area contributed by atoms with Crippen LogP contribution < -0.4 is 5.32 Å². The summed E-state index contributed by atoms with van der Waals surface area (Å²) >= 11 is 0. The summed E-state index contributed by atoms with van der Waals surface area (Å²) in [5, 5.41) is 13.0. The Morgan fingerprint density at radius 1 is 1.10 bits per heavy atom. The van der Waals surface area contributed by atoms with Gasteiger partial charge in [0.1, 0.15) is 11.4 Å². The topological polar surface area (TPSA) is 138 Å². The lowest BCUT2D eigenvalue weighted by Gasteiger charge is -2.34. The molecule has 222 valence electrons. The highest BCUT2D eigenvalue weighted by Crippen LogP contribution is 2.27. The number of nitrogens with one attached hydrogen (secondary N) is 1. The predicted molar refractivity (Wildman–Crippen MR) is 149 cm³/mol. The summed E-state index contributed by atoms with van der Waals surface area (Å²) in [5.74, 6) is -1.20. The molecule has 11 heteroatoms. The second-order valence-corrected chi connectivity index (χ2v) is 11.9. The molecule has 3 heterocycles. The fraction of sp³-hybridized carbons (Fsp3) is 0.690. The van der Waals surface area contributed by atoms with Gasteiger partial charge < -0.3 is 29.7 Å². The number of piperidine rings is 2. The normalized spacial score (nSPS) is 23.3. The Morgan fingerprint density at radius 2 is 1.80 bits per heavy atom. The number of aliphatic imine (C=N–C) groups is 1. The molecule has 0 spiro atoms. The van der Waals surface area contributed by atoms with Crippen molar-refractivity contribution in [1.82, 2.24) is 15.1 Å². The Labute approximate surface area is 236 Å². The van der Waals surface area contributed by atoms with E-state index in [0.29, 0.717) is 62.6 Å². The predicted octanol–water partition coefficient (Wildman–Crippen LogP) is 3.71. The molecule has 0 saturated carbocycles. The van der Waals surface area contributed by atoms with Gasteiger partial charge in [0.05, 0.1) is 25.6 Å². The molecular formula is C29H44N4O7. The first-order valence-corrected chi connectivity index (χ1v) is 14.2. The zero-order chi connectivity index (χ0) is 29.4. The monoisotopic (exact) mass is 560 g/mol. The van der Waals surface area contributed by atoms with E-state index >= 15 is 0 Å². The molecule has 0 aromatic rings.